The zero-order valence-corrected chi connectivity index (χ0v) is 20.0. The van der Waals surface area contributed by atoms with Gasteiger partial charge < -0.3 is 9.47 Å². The Bertz CT molecular complexity index is 1300. The maximum absolute atomic E-state index is 13.8. The summed E-state index contributed by atoms with van der Waals surface area (Å²) in [6, 6.07) is 15.3. The Morgan fingerprint density at radius 3 is 2.72 bits per heavy atom. The quantitative estimate of drug-likeness (QED) is 0.320. The van der Waals surface area contributed by atoms with E-state index in [0.29, 0.717) is 6.54 Å². The number of nitrogens with zero attached hydrogens (tertiary/aromatic N) is 3. The summed E-state index contributed by atoms with van der Waals surface area (Å²) in [5.41, 5.74) is 7.08. The van der Waals surface area contributed by atoms with Crippen molar-refractivity contribution in [1.29, 1.82) is 0 Å². The first-order valence-electron chi connectivity index (χ1n) is 10.7. The van der Waals surface area contributed by atoms with Gasteiger partial charge in [0.05, 0.1) is 11.6 Å². The summed E-state index contributed by atoms with van der Waals surface area (Å²) < 4.78 is 16.1. The molecule has 1 aliphatic rings. The number of rotatable bonds is 3. The van der Waals surface area contributed by atoms with Crippen molar-refractivity contribution in [3.8, 4) is 0 Å². The van der Waals surface area contributed by atoms with E-state index in [-0.39, 0.29) is 24.3 Å². The van der Waals surface area contributed by atoms with E-state index in [9.17, 15) is 4.39 Å². The zero-order chi connectivity index (χ0) is 21.7. The van der Waals surface area contributed by atoms with Gasteiger partial charge in [-0.15, -0.1) is 12.4 Å². The van der Waals surface area contributed by atoms with E-state index in [2.05, 4.69) is 48.4 Å². The fraction of sp³-hybridized carbons (Fsp3) is 0.269. The highest BCUT2D eigenvalue weighted by molar-refractivity contribution is 6.30. The Morgan fingerprint density at radius 1 is 1.12 bits per heavy atom. The Balaban J connectivity index is 0.00000245. The second-order valence-corrected chi connectivity index (χ2v) is 8.86. The van der Waals surface area contributed by atoms with Crippen molar-refractivity contribution in [3.05, 3.63) is 93.5 Å². The van der Waals surface area contributed by atoms with Crippen LogP contribution in [-0.4, -0.2) is 16.1 Å². The van der Waals surface area contributed by atoms with Crippen LogP contribution in [0.4, 0.5) is 10.2 Å². The van der Waals surface area contributed by atoms with Gasteiger partial charge in [-0.25, -0.2) is 9.37 Å². The molecule has 0 saturated heterocycles. The van der Waals surface area contributed by atoms with Crippen LogP contribution in [0, 0.1) is 19.7 Å². The lowest BCUT2D eigenvalue weighted by molar-refractivity contribution is 0.616. The van der Waals surface area contributed by atoms with Crippen molar-refractivity contribution in [2.24, 2.45) is 0 Å². The van der Waals surface area contributed by atoms with Gasteiger partial charge in [0.2, 0.25) is 0 Å². The van der Waals surface area contributed by atoms with E-state index < -0.39 is 0 Å². The highest BCUT2D eigenvalue weighted by Gasteiger charge is 2.28. The SMILES string of the molecule is Cc1c(C)n(Cc2cccc(F)c2)c2c(N3CCc4ccc(Cl)cc4C3C)nccc12.Cl. The van der Waals surface area contributed by atoms with Gasteiger partial charge in [-0.2, -0.15) is 0 Å². The van der Waals surface area contributed by atoms with E-state index in [4.69, 9.17) is 16.6 Å². The first-order valence-corrected chi connectivity index (χ1v) is 11.1. The fourth-order valence-electron chi connectivity index (χ4n) is 4.88. The average molecular weight is 470 g/mol. The largest absolute Gasteiger partial charge is 0.348 e. The van der Waals surface area contributed by atoms with Crippen molar-refractivity contribution in [1.82, 2.24) is 9.55 Å². The number of hydrogen-bond donors (Lipinski definition) is 0. The molecular formula is C26H26Cl2FN3. The highest BCUT2D eigenvalue weighted by atomic mass is 35.5. The van der Waals surface area contributed by atoms with Crippen LogP contribution < -0.4 is 4.90 Å². The topological polar surface area (TPSA) is 21.1 Å². The number of benzene rings is 2. The summed E-state index contributed by atoms with van der Waals surface area (Å²) in [6.45, 7) is 8.00. The molecule has 0 amide bonds. The summed E-state index contributed by atoms with van der Waals surface area (Å²) >= 11 is 6.31. The number of hydrogen-bond acceptors (Lipinski definition) is 2. The molecule has 0 saturated carbocycles. The molecule has 0 N–H and O–H groups in total. The lowest BCUT2D eigenvalue weighted by Crippen LogP contribution is -2.35. The molecule has 166 valence electrons. The summed E-state index contributed by atoms with van der Waals surface area (Å²) in [5.74, 6) is 0.767. The lowest BCUT2D eigenvalue weighted by Gasteiger charge is -2.37. The molecule has 2 aromatic carbocycles. The number of aromatic nitrogens is 2. The predicted molar refractivity (Wildman–Crippen MR) is 133 cm³/mol. The van der Waals surface area contributed by atoms with Gasteiger partial charge in [0.15, 0.2) is 5.82 Å². The molecule has 3 heterocycles. The third-order valence-corrected chi connectivity index (χ3v) is 6.91. The second-order valence-electron chi connectivity index (χ2n) is 8.42. The molecule has 1 atom stereocenters. The molecule has 0 fully saturated rings. The minimum atomic E-state index is -0.208. The van der Waals surface area contributed by atoms with E-state index in [1.54, 1.807) is 12.1 Å². The van der Waals surface area contributed by atoms with Gasteiger partial charge in [0.1, 0.15) is 5.82 Å². The maximum Gasteiger partial charge on any atom is 0.153 e. The number of halogens is 3. The smallest absolute Gasteiger partial charge is 0.153 e. The average Bonchev–Trinajstić information content (AvgIpc) is 3.00. The third-order valence-electron chi connectivity index (χ3n) is 6.68. The first kappa shape index (κ1) is 22.6. The molecule has 0 radical (unpaired) electrons. The van der Waals surface area contributed by atoms with Gasteiger partial charge >= 0.3 is 0 Å². The Hall–Kier alpha value is -2.56. The molecule has 0 aliphatic carbocycles. The minimum Gasteiger partial charge on any atom is -0.348 e. The van der Waals surface area contributed by atoms with Gasteiger partial charge in [0.25, 0.3) is 0 Å². The van der Waals surface area contributed by atoms with E-state index in [1.807, 2.05) is 18.3 Å². The monoisotopic (exact) mass is 469 g/mol. The molecule has 3 nitrogen and oxygen atoms in total. The van der Waals surface area contributed by atoms with Gasteiger partial charge in [0, 0.05) is 35.4 Å². The summed E-state index contributed by atoms with van der Waals surface area (Å²) in [4.78, 5) is 7.23. The third kappa shape index (κ3) is 3.76. The molecular weight excluding hydrogens is 444 g/mol. The Labute approximate surface area is 199 Å². The molecule has 1 unspecified atom stereocenters. The molecule has 0 spiro atoms. The molecule has 1 aliphatic heterocycles. The molecule has 5 rings (SSSR count). The van der Waals surface area contributed by atoms with Crippen LogP contribution in [0.25, 0.3) is 10.9 Å². The predicted octanol–water partition coefficient (Wildman–Crippen LogP) is 7.04. The van der Waals surface area contributed by atoms with Crippen LogP contribution in [0.1, 0.15) is 40.9 Å². The van der Waals surface area contributed by atoms with Crippen molar-refractivity contribution in [3.63, 3.8) is 0 Å². The Kier molecular flexibility index (Phi) is 6.19. The number of pyridine rings is 1. The molecule has 4 aromatic rings. The number of anilines is 1. The van der Waals surface area contributed by atoms with Gasteiger partial charge in [-0.3, -0.25) is 0 Å². The van der Waals surface area contributed by atoms with Gasteiger partial charge in [-0.05, 0) is 79.8 Å². The Morgan fingerprint density at radius 2 is 1.94 bits per heavy atom. The van der Waals surface area contributed by atoms with Crippen molar-refractivity contribution >= 4 is 40.7 Å². The van der Waals surface area contributed by atoms with E-state index >= 15 is 0 Å². The van der Waals surface area contributed by atoms with Crippen LogP contribution in [0.2, 0.25) is 5.02 Å². The van der Waals surface area contributed by atoms with Crippen LogP contribution in [0.3, 0.4) is 0 Å². The molecule has 32 heavy (non-hydrogen) atoms. The standard InChI is InChI=1S/C26H25ClFN3.ClH/c1-16-17(2)31(15-19-5-4-6-22(28)13-19)25-23(16)9-11-29-26(25)30-12-10-20-7-8-21(27)14-24(20)18(30)3;/h4-9,11,13-14,18H,10,12,15H2,1-3H3;1H. The number of fused-ring (bicyclic) bond motifs is 2. The van der Waals surface area contributed by atoms with Crippen LogP contribution in [0.5, 0.6) is 0 Å². The van der Waals surface area contributed by atoms with Gasteiger partial charge in [-0.1, -0.05) is 29.8 Å². The van der Waals surface area contributed by atoms with Crippen molar-refractivity contribution < 1.29 is 4.39 Å². The maximum atomic E-state index is 13.8. The molecule has 0 bridgehead atoms. The van der Waals surface area contributed by atoms with Crippen molar-refractivity contribution in [2.75, 3.05) is 11.4 Å². The summed E-state index contributed by atoms with van der Waals surface area (Å²) in [6.07, 6.45) is 2.86. The zero-order valence-electron chi connectivity index (χ0n) is 18.4. The fourth-order valence-corrected chi connectivity index (χ4v) is 5.06. The normalized spacial score (nSPS) is 15.5. The lowest BCUT2D eigenvalue weighted by atomic mass is 9.93. The molecule has 2 aromatic heterocycles. The van der Waals surface area contributed by atoms with E-state index in [1.165, 1.54) is 33.8 Å². The van der Waals surface area contributed by atoms with E-state index in [0.717, 1.165) is 34.9 Å². The van der Waals surface area contributed by atoms with Crippen LogP contribution >= 0.6 is 24.0 Å². The van der Waals surface area contributed by atoms with Crippen LogP contribution in [0.15, 0.2) is 54.7 Å². The summed E-state index contributed by atoms with van der Waals surface area (Å²) in [5, 5.41) is 1.96. The first-order chi connectivity index (χ1) is 14.9. The van der Waals surface area contributed by atoms with Crippen LogP contribution in [-0.2, 0) is 13.0 Å². The minimum absolute atomic E-state index is 0. The molecule has 6 heteroatoms. The second kappa shape index (κ2) is 8.76. The summed E-state index contributed by atoms with van der Waals surface area (Å²) in [7, 11) is 0. The highest BCUT2D eigenvalue weighted by Crippen LogP contribution is 2.39. The number of aryl methyl sites for hydroxylation is 1. The van der Waals surface area contributed by atoms with Crippen molar-refractivity contribution in [2.45, 2.75) is 39.8 Å².